The summed E-state index contributed by atoms with van der Waals surface area (Å²) in [6.45, 7) is 8.66. The summed E-state index contributed by atoms with van der Waals surface area (Å²) in [5.74, 6) is 2.04. The van der Waals surface area contributed by atoms with Crippen molar-refractivity contribution in [1.29, 1.82) is 0 Å². The van der Waals surface area contributed by atoms with E-state index in [2.05, 4.69) is 100 Å². The molecule has 0 amide bonds. The molecule has 3 aromatic carbocycles. The van der Waals surface area contributed by atoms with Gasteiger partial charge in [0.1, 0.15) is 33.7 Å². The quantitative estimate of drug-likeness (QED) is 0.197. The second-order valence-corrected chi connectivity index (χ2v) is 15.5. The van der Waals surface area contributed by atoms with Gasteiger partial charge in [-0.05, 0) is 136 Å². The Balaban J connectivity index is 1.09. The first kappa shape index (κ1) is 27.1. The van der Waals surface area contributed by atoms with E-state index in [0.29, 0.717) is 0 Å². The Bertz CT molecular complexity index is 1870. The minimum absolute atomic E-state index is 0.0947. The largest absolute Gasteiger partial charge is 0.488 e. The Hall–Kier alpha value is -3.52. The number of hydrogen-bond acceptors (Lipinski definition) is 7. The fraction of sp³-hybridized carbons (Fsp3) is 0.278. The van der Waals surface area contributed by atoms with Crippen LogP contribution in [0.4, 0.5) is 0 Å². The molecule has 4 nitrogen and oxygen atoms in total. The summed E-state index contributed by atoms with van der Waals surface area (Å²) in [6, 6.07) is 26.6. The van der Waals surface area contributed by atoms with Crippen molar-refractivity contribution in [3.63, 3.8) is 0 Å². The number of aromatic nitrogens is 2. The molecule has 0 bridgehead atoms. The van der Waals surface area contributed by atoms with E-state index in [1.807, 2.05) is 22.7 Å². The molecular weight excluding hydrogens is 589 g/mol. The Kier molecular flexibility index (Phi) is 6.30. The summed E-state index contributed by atoms with van der Waals surface area (Å²) in [5, 5.41) is 0. The van der Waals surface area contributed by atoms with Crippen molar-refractivity contribution in [2.45, 2.75) is 64.6 Å². The molecule has 216 valence electrons. The number of nitrogens with zero attached hydrogens (tertiary/aromatic N) is 2. The van der Waals surface area contributed by atoms with Gasteiger partial charge in [0, 0.05) is 30.6 Å². The highest BCUT2D eigenvalue weighted by Gasteiger charge is 2.28. The third kappa shape index (κ3) is 4.97. The molecule has 0 saturated heterocycles. The van der Waals surface area contributed by atoms with Crippen LogP contribution in [0, 0.1) is 0 Å². The predicted octanol–water partition coefficient (Wildman–Crippen LogP) is 10.7. The summed E-state index contributed by atoms with van der Waals surface area (Å²) in [5.41, 5.74) is 9.11. The molecule has 3 aromatic heterocycles. The van der Waals surface area contributed by atoms with Gasteiger partial charge in [0.15, 0.2) is 0 Å². The van der Waals surface area contributed by atoms with E-state index in [0.717, 1.165) is 59.3 Å². The van der Waals surface area contributed by atoms with Gasteiger partial charge in [-0.25, -0.2) is 0 Å². The van der Waals surface area contributed by atoms with Gasteiger partial charge in [-0.15, -0.1) is 22.7 Å². The van der Waals surface area contributed by atoms with Crippen LogP contribution in [-0.4, -0.2) is 19.9 Å². The Morgan fingerprint density at radius 2 is 1.00 bits per heavy atom. The van der Waals surface area contributed by atoms with Gasteiger partial charge in [0.2, 0.25) is 0 Å². The molecule has 0 spiro atoms. The third-order valence-corrected chi connectivity index (χ3v) is 11.5. The molecule has 0 fully saturated rings. The summed E-state index contributed by atoms with van der Waals surface area (Å²) in [6.07, 6.45) is 4.16. The molecule has 7 heteroatoms. The zero-order chi connectivity index (χ0) is 29.3. The molecule has 6 aromatic rings. The van der Waals surface area contributed by atoms with Crippen molar-refractivity contribution in [3.05, 3.63) is 83.9 Å². The smallest absolute Gasteiger partial charge is 0.123 e. The number of thiophene rings is 2. The average molecular weight is 621 g/mol. The molecular formula is C36H32N2O2S3. The van der Waals surface area contributed by atoms with E-state index >= 15 is 0 Å². The molecule has 0 N–H and O–H groups in total. The van der Waals surface area contributed by atoms with Crippen molar-refractivity contribution >= 4 is 45.4 Å². The molecule has 5 heterocycles. The number of rotatable bonds is 4. The lowest BCUT2D eigenvalue weighted by molar-refractivity contribution is 0.0843. The Morgan fingerprint density at radius 3 is 1.47 bits per heavy atom. The summed E-state index contributed by atoms with van der Waals surface area (Å²) >= 11 is 4.91. The number of aryl methyl sites for hydroxylation is 2. The van der Waals surface area contributed by atoms with Gasteiger partial charge < -0.3 is 9.47 Å². The van der Waals surface area contributed by atoms with Crippen molar-refractivity contribution < 1.29 is 9.47 Å². The average Bonchev–Trinajstić information content (AvgIpc) is 3.77. The second kappa shape index (κ2) is 10.0. The fourth-order valence-electron chi connectivity index (χ4n) is 6.16. The fourth-order valence-corrected chi connectivity index (χ4v) is 8.79. The maximum atomic E-state index is 6.21. The summed E-state index contributed by atoms with van der Waals surface area (Å²) < 4.78 is 22.0. The van der Waals surface area contributed by atoms with E-state index < -0.39 is 0 Å². The Labute approximate surface area is 264 Å². The lowest BCUT2D eigenvalue weighted by atomic mass is 9.93. The zero-order valence-electron chi connectivity index (χ0n) is 24.7. The molecule has 8 rings (SSSR count). The predicted molar refractivity (Wildman–Crippen MR) is 181 cm³/mol. The number of fused-ring (bicyclic) bond motifs is 3. The molecule has 2 aliphatic rings. The van der Waals surface area contributed by atoms with Crippen LogP contribution < -0.4 is 9.47 Å². The molecule has 0 saturated carbocycles. The highest BCUT2D eigenvalue weighted by molar-refractivity contribution is 7.19. The minimum atomic E-state index is -0.0947. The lowest BCUT2D eigenvalue weighted by Gasteiger charge is -2.32. The van der Waals surface area contributed by atoms with Crippen molar-refractivity contribution in [3.8, 4) is 53.3 Å². The first-order valence-electron chi connectivity index (χ1n) is 14.8. The topological polar surface area (TPSA) is 44.2 Å². The van der Waals surface area contributed by atoms with Crippen LogP contribution in [0.25, 0.3) is 52.8 Å². The van der Waals surface area contributed by atoms with Crippen molar-refractivity contribution in [1.82, 2.24) is 8.75 Å². The molecule has 0 unspecified atom stereocenters. The number of benzene rings is 3. The van der Waals surface area contributed by atoms with Crippen molar-refractivity contribution in [2.75, 3.05) is 0 Å². The standard InChI is InChI=1S/C36H32N2O2S3/c1-35(2)17-15-21-19-23(5-9-27(21)39-35)29-11-13-31(41-29)25-7-8-26(34-33(25)37-43-38-34)32-14-12-30(42-32)24-6-10-28-22(20-24)16-18-36(3,4)40-28/h5-14,19-20H,15-18H2,1-4H3. The normalized spacial score (nSPS) is 16.7. The molecule has 0 atom stereocenters. The summed E-state index contributed by atoms with van der Waals surface area (Å²) in [4.78, 5) is 4.93. The van der Waals surface area contributed by atoms with Crippen LogP contribution in [0.1, 0.15) is 51.7 Å². The van der Waals surface area contributed by atoms with E-state index in [1.54, 1.807) is 0 Å². The van der Waals surface area contributed by atoms with Crippen LogP contribution in [0.2, 0.25) is 0 Å². The summed E-state index contributed by atoms with van der Waals surface area (Å²) in [7, 11) is 0. The minimum Gasteiger partial charge on any atom is -0.488 e. The first-order chi connectivity index (χ1) is 20.7. The van der Waals surface area contributed by atoms with Crippen LogP contribution in [0.3, 0.4) is 0 Å². The van der Waals surface area contributed by atoms with Crippen LogP contribution >= 0.6 is 34.4 Å². The monoisotopic (exact) mass is 620 g/mol. The van der Waals surface area contributed by atoms with Gasteiger partial charge in [-0.2, -0.15) is 8.75 Å². The molecule has 0 radical (unpaired) electrons. The van der Waals surface area contributed by atoms with Gasteiger partial charge in [0.25, 0.3) is 0 Å². The highest BCUT2D eigenvalue weighted by Crippen LogP contribution is 2.44. The number of ether oxygens (including phenoxy) is 2. The highest BCUT2D eigenvalue weighted by atomic mass is 32.1. The SMILES string of the molecule is CC1(C)CCc2cc(-c3ccc(-c4ccc(-c5ccc(-c6ccc7c(c6)CCC(C)(C)O7)s5)c5nsnc45)s3)ccc2O1. The van der Waals surface area contributed by atoms with Gasteiger partial charge in [-0.1, -0.05) is 12.1 Å². The van der Waals surface area contributed by atoms with Gasteiger partial charge >= 0.3 is 0 Å². The van der Waals surface area contributed by atoms with Crippen LogP contribution in [-0.2, 0) is 12.8 Å². The number of hydrogen-bond donors (Lipinski definition) is 0. The second-order valence-electron chi connectivity index (χ2n) is 12.8. The van der Waals surface area contributed by atoms with Crippen LogP contribution in [0.5, 0.6) is 11.5 Å². The first-order valence-corrected chi connectivity index (χ1v) is 17.2. The third-order valence-electron chi connectivity index (χ3n) is 8.61. The van der Waals surface area contributed by atoms with Gasteiger partial charge in [0.05, 0.1) is 11.7 Å². The maximum absolute atomic E-state index is 6.21. The van der Waals surface area contributed by atoms with E-state index in [9.17, 15) is 0 Å². The van der Waals surface area contributed by atoms with E-state index in [1.165, 1.54) is 53.5 Å². The molecule has 0 aliphatic carbocycles. The zero-order valence-corrected chi connectivity index (χ0v) is 27.1. The Morgan fingerprint density at radius 1 is 0.558 bits per heavy atom. The molecule has 43 heavy (non-hydrogen) atoms. The van der Waals surface area contributed by atoms with Gasteiger partial charge in [-0.3, -0.25) is 0 Å². The van der Waals surface area contributed by atoms with E-state index in [-0.39, 0.29) is 11.2 Å². The van der Waals surface area contributed by atoms with Crippen molar-refractivity contribution in [2.24, 2.45) is 0 Å². The van der Waals surface area contributed by atoms with Crippen LogP contribution in [0.15, 0.2) is 72.8 Å². The lowest BCUT2D eigenvalue weighted by Crippen LogP contribution is -2.32. The molecule has 2 aliphatic heterocycles. The maximum Gasteiger partial charge on any atom is 0.123 e. The van der Waals surface area contributed by atoms with E-state index in [4.69, 9.17) is 18.2 Å².